The summed E-state index contributed by atoms with van der Waals surface area (Å²) in [7, 11) is 0. The van der Waals surface area contributed by atoms with Crippen LogP contribution < -0.4 is 0 Å². The zero-order valence-corrected chi connectivity index (χ0v) is 18.2. The zero-order valence-electron chi connectivity index (χ0n) is 18.2. The number of benzene rings is 1. The molecule has 1 aromatic rings. The van der Waals surface area contributed by atoms with Gasteiger partial charge in [-0.2, -0.15) is 0 Å². The van der Waals surface area contributed by atoms with Gasteiger partial charge in [0.05, 0.1) is 18.3 Å². The maximum Gasteiger partial charge on any atom is 0.266 e. The van der Waals surface area contributed by atoms with Crippen LogP contribution in [-0.4, -0.2) is 32.2 Å². The molecule has 0 aromatic heterocycles. The molecular formula is C24H35F3O3. The van der Waals surface area contributed by atoms with Crippen LogP contribution in [0.3, 0.4) is 0 Å². The van der Waals surface area contributed by atoms with Crippen LogP contribution in [0.5, 0.6) is 0 Å². The molecule has 0 N–H and O–H groups in total. The minimum Gasteiger partial charge on any atom is -0.379 e. The van der Waals surface area contributed by atoms with E-state index in [9.17, 15) is 8.78 Å². The van der Waals surface area contributed by atoms with Gasteiger partial charge in [0.1, 0.15) is 5.82 Å². The number of hydrogen-bond donors (Lipinski definition) is 0. The predicted molar refractivity (Wildman–Crippen MR) is 111 cm³/mol. The highest BCUT2D eigenvalue weighted by molar-refractivity contribution is 5.39. The fourth-order valence-electron chi connectivity index (χ4n) is 4.76. The van der Waals surface area contributed by atoms with Gasteiger partial charge in [0.15, 0.2) is 6.29 Å². The topological polar surface area (TPSA) is 27.7 Å². The summed E-state index contributed by atoms with van der Waals surface area (Å²) in [6, 6.07) is 3.44. The van der Waals surface area contributed by atoms with Crippen molar-refractivity contribution in [1.29, 1.82) is 0 Å². The second-order valence-corrected chi connectivity index (χ2v) is 8.46. The first-order valence-corrected chi connectivity index (χ1v) is 11.5. The van der Waals surface area contributed by atoms with Crippen LogP contribution in [0.15, 0.2) is 12.1 Å². The molecule has 0 bridgehead atoms. The number of unbranched alkanes of at least 4 members (excludes halogenated alkanes) is 1. The van der Waals surface area contributed by atoms with Crippen molar-refractivity contribution in [2.45, 2.75) is 95.9 Å². The summed E-state index contributed by atoms with van der Waals surface area (Å²) in [6.07, 6.45) is 3.64. The lowest BCUT2D eigenvalue weighted by molar-refractivity contribution is -0.167. The van der Waals surface area contributed by atoms with Crippen molar-refractivity contribution in [2.24, 2.45) is 0 Å². The number of ether oxygens (including phenoxy) is 3. The predicted octanol–water partition coefficient (Wildman–Crippen LogP) is 6.86. The Morgan fingerprint density at radius 1 is 0.967 bits per heavy atom. The maximum atomic E-state index is 15.3. The van der Waals surface area contributed by atoms with Crippen molar-refractivity contribution in [2.75, 3.05) is 19.8 Å². The molecule has 1 aliphatic heterocycles. The first-order chi connectivity index (χ1) is 14.5. The van der Waals surface area contributed by atoms with E-state index in [0.29, 0.717) is 43.8 Å². The molecule has 3 nitrogen and oxygen atoms in total. The van der Waals surface area contributed by atoms with Gasteiger partial charge >= 0.3 is 0 Å². The van der Waals surface area contributed by atoms with Gasteiger partial charge in [0.25, 0.3) is 6.43 Å². The monoisotopic (exact) mass is 428 g/mol. The number of hydrogen-bond acceptors (Lipinski definition) is 3. The minimum absolute atomic E-state index is 0.0341. The van der Waals surface area contributed by atoms with Crippen LogP contribution in [0.2, 0.25) is 0 Å². The van der Waals surface area contributed by atoms with Gasteiger partial charge in [-0.15, -0.1) is 0 Å². The molecule has 3 rings (SSSR count). The van der Waals surface area contributed by atoms with E-state index < -0.39 is 17.8 Å². The second-order valence-electron chi connectivity index (χ2n) is 8.46. The van der Waals surface area contributed by atoms with Gasteiger partial charge in [0.2, 0.25) is 0 Å². The summed E-state index contributed by atoms with van der Waals surface area (Å²) in [5.74, 6) is -0.988. The molecule has 0 spiro atoms. The fraction of sp³-hybridized carbons (Fsp3) is 0.750. The quantitative estimate of drug-likeness (QED) is 0.402. The molecule has 1 saturated carbocycles. The summed E-state index contributed by atoms with van der Waals surface area (Å²) in [6.45, 7) is 5.67. The third-order valence-corrected chi connectivity index (χ3v) is 6.45. The number of halogens is 3. The SMILES string of the molecule is CCCCOC1CCC(c2ccc(C3CCC(OCC)CC3)c(C(F)F)c2F)CO1. The van der Waals surface area contributed by atoms with E-state index in [1.807, 2.05) is 6.92 Å². The lowest BCUT2D eigenvalue weighted by Crippen LogP contribution is -2.28. The van der Waals surface area contributed by atoms with E-state index in [0.717, 1.165) is 38.5 Å². The van der Waals surface area contributed by atoms with Crippen molar-refractivity contribution in [1.82, 2.24) is 0 Å². The molecule has 1 aromatic carbocycles. The van der Waals surface area contributed by atoms with Gasteiger partial charge in [-0.05, 0) is 68.9 Å². The lowest BCUT2D eigenvalue weighted by atomic mass is 9.79. The Hall–Kier alpha value is -1.11. The van der Waals surface area contributed by atoms with E-state index in [2.05, 4.69) is 6.92 Å². The Labute approximate surface area is 178 Å². The Kier molecular flexibility index (Phi) is 9.02. The van der Waals surface area contributed by atoms with Crippen molar-refractivity contribution < 1.29 is 27.4 Å². The molecule has 1 heterocycles. The van der Waals surface area contributed by atoms with E-state index in [1.165, 1.54) is 0 Å². The Morgan fingerprint density at radius 2 is 1.67 bits per heavy atom. The zero-order chi connectivity index (χ0) is 21.5. The largest absolute Gasteiger partial charge is 0.379 e. The third-order valence-electron chi connectivity index (χ3n) is 6.45. The molecule has 30 heavy (non-hydrogen) atoms. The van der Waals surface area contributed by atoms with Crippen LogP contribution >= 0.6 is 0 Å². The summed E-state index contributed by atoms with van der Waals surface area (Å²) in [5, 5.41) is 0. The van der Waals surface area contributed by atoms with E-state index in [4.69, 9.17) is 14.2 Å². The van der Waals surface area contributed by atoms with Crippen LogP contribution in [-0.2, 0) is 14.2 Å². The van der Waals surface area contributed by atoms with Gasteiger partial charge in [-0.1, -0.05) is 25.5 Å². The second kappa shape index (κ2) is 11.5. The maximum absolute atomic E-state index is 15.3. The van der Waals surface area contributed by atoms with Crippen LogP contribution in [0.4, 0.5) is 13.2 Å². The first kappa shape index (κ1) is 23.6. The number of alkyl halides is 2. The highest BCUT2D eigenvalue weighted by Crippen LogP contribution is 2.42. The van der Waals surface area contributed by atoms with Crippen molar-refractivity contribution >= 4 is 0 Å². The molecule has 0 amide bonds. The standard InChI is InChI=1S/C24H35F3O3/c1-3-5-14-29-21-13-8-17(15-30-21)20-12-11-19(22(23(20)25)24(26)27)16-6-9-18(10-7-16)28-4-2/h11-12,16-18,21,24H,3-10,13-15H2,1-2H3. The molecule has 0 radical (unpaired) electrons. The normalized spacial score (nSPS) is 27.5. The Balaban J connectivity index is 1.69. The summed E-state index contributed by atoms with van der Waals surface area (Å²) in [5.41, 5.74) is 0.413. The molecular weight excluding hydrogens is 393 g/mol. The average Bonchev–Trinajstić information content (AvgIpc) is 2.75. The van der Waals surface area contributed by atoms with Crippen LogP contribution in [0, 0.1) is 5.82 Å². The molecule has 170 valence electrons. The molecule has 2 aliphatic rings. The summed E-state index contributed by atoms with van der Waals surface area (Å²) in [4.78, 5) is 0. The Morgan fingerprint density at radius 3 is 2.27 bits per heavy atom. The molecule has 1 saturated heterocycles. The van der Waals surface area contributed by atoms with Gasteiger partial charge in [-0.25, -0.2) is 13.2 Å². The Bertz CT molecular complexity index is 651. The van der Waals surface area contributed by atoms with Crippen molar-refractivity contribution in [3.63, 3.8) is 0 Å². The molecule has 2 unspecified atom stereocenters. The van der Waals surface area contributed by atoms with Crippen LogP contribution in [0.1, 0.15) is 100 Å². The molecule has 2 atom stereocenters. The average molecular weight is 429 g/mol. The molecule has 2 fully saturated rings. The van der Waals surface area contributed by atoms with Crippen molar-refractivity contribution in [3.05, 3.63) is 34.6 Å². The summed E-state index contributed by atoms with van der Waals surface area (Å²) >= 11 is 0. The molecule has 1 aliphatic carbocycles. The highest BCUT2D eigenvalue weighted by Gasteiger charge is 2.32. The third kappa shape index (κ3) is 5.77. The molecule has 6 heteroatoms. The lowest BCUT2D eigenvalue weighted by Gasteiger charge is -2.32. The van der Waals surface area contributed by atoms with Gasteiger partial charge in [-0.3, -0.25) is 0 Å². The van der Waals surface area contributed by atoms with E-state index in [1.54, 1.807) is 12.1 Å². The number of rotatable bonds is 9. The van der Waals surface area contributed by atoms with Crippen molar-refractivity contribution in [3.8, 4) is 0 Å². The highest BCUT2D eigenvalue weighted by atomic mass is 19.3. The summed E-state index contributed by atoms with van der Waals surface area (Å²) < 4.78 is 60.2. The van der Waals surface area contributed by atoms with Gasteiger partial charge in [0, 0.05) is 19.1 Å². The van der Waals surface area contributed by atoms with Crippen LogP contribution in [0.25, 0.3) is 0 Å². The van der Waals surface area contributed by atoms with E-state index >= 15 is 4.39 Å². The minimum atomic E-state index is -2.82. The van der Waals surface area contributed by atoms with E-state index in [-0.39, 0.29) is 24.2 Å². The fourth-order valence-corrected chi connectivity index (χ4v) is 4.76. The first-order valence-electron chi connectivity index (χ1n) is 11.5. The smallest absolute Gasteiger partial charge is 0.266 e. The van der Waals surface area contributed by atoms with Gasteiger partial charge < -0.3 is 14.2 Å².